The van der Waals surface area contributed by atoms with E-state index in [1.807, 2.05) is 6.08 Å². The van der Waals surface area contributed by atoms with Gasteiger partial charge in [0.25, 0.3) is 0 Å². The van der Waals surface area contributed by atoms with Gasteiger partial charge >= 0.3 is 0 Å². The lowest BCUT2D eigenvalue weighted by atomic mass is 9.97. The molecule has 2 heterocycles. The Kier molecular flexibility index (Phi) is 37.3. The van der Waals surface area contributed by atoms with Gasteiger partial charge in [-0.25, -0.2) is 0 Å². The highest BCUT2D eigenvalue weighted by atomic mass is 16.7. The summed E-state index contributed by atoms with van der Waals surface area (Å²) in [5, 5.41) is 86.8. The number of rotatable bonds is 39. The zero-order valence-corrected chi connectivity index (χ0v) is 42.5. The van der Waals surface area contributed by atoms with Crippen molar-refractivity contribution < 1.29 is 64.6 Å². The van der Waals surface area contributed by atoms with Gasteiger partial charge in [-0.05, 0) is 83.5 Å². The molecule has 2 rings (SSSR count). The third-order valence-corrected chi connectivity index (χ3v) is 12.3. The quantitative estimate of drug-likeness (QED) is 0.0215. The molecule has 0 bridgehead atoms. The number of aliphatic hydroxyl groups is 8. The van der Waals surface area contributed by atoms with Crippen molar-refractivity contribution in [2.75, 3.05) is 19.8 Å². The second-order valence-electron chi connectivity index (χ2n) is 18.3. The molecule has 9 N–H and O–H groups in total. The van der Waals surface area contributed by atoms with Crippen LogP contribution in [0, 0.1) is 0 Å². The number of ether oxygens (including phenoxy) is 4. The van der Waals surface area contributed by atoms with Crippen LogP contribution in [0.5, 0.6) is 0 Å². The Bertz CT molecular complexity index is 1540. The molecule has 400 valence electrons. The van der Waals surface area contributed by atoms with Gasteiger partial charge in [0.15, 0.2) is 12.6 Å². The van der Waals surface area contributed by atoms with Crippen LogP contribution in [-0.4, -0.2) is 140 Å². The van der Waals surface area contributed by atoms with E-state index in [0.29, 0.717) is 12.8 Å². The van der Waals surface area contributed by atoms with E-state index in [1.165, 1.54) is 57.8 Å². The van der Waals surface area contributed by atoms with Crippen molar-refractivity contribution in [2.45, 2.75) is 229 Å². The van der Waals surface area contributed by atoms with Gasteiger partial charge < -0.3 is 65.1 Å². The van der Waals surface area contributed by atoms with Crippen molar-refractivity contribution in [2.24, 2.45) is 0 Å². The summed E-state index contributed by atoms with van der Waals surface area (Å²) in [6, 6.07) is -0.960. The molecule has 14 heteroatoms. The molecule has 2 fully saturated rings. The standard InChI is InChI=1S/C56H93NO13/c1-3-5-7-9-11-13-15-17-19-20-21-22-23-24-26-28-30-32-34-36-38-40-48(61)57-44(45(60)39-37-35-33-31-29-27-25-18-16-14-12-10-8-6-4-2)43-67-55-53(66)51(64)54(47(42-59)69-55)70-56-52(65)50(63)49(62)46(41-58)68-56/h5,7,11,13,17,19,21-22,24,26,29-32,37,39,44-47,49-56,58-60,62-66H,3-4,6,8-10,12,14-16,18,20,23,25,27-28,33-36,38,40-43H2,1-2H3,(H,57,61)/b7-5-,13-11-,19-17-,22-21-,26-24-,31-29+,32-30-,39-37+. The summed E-state index contributed by atoms with van der Waals surface area (Å²) >= 11 is 0. The van der Waals surface area contributed by atoms with Crippen LogP contribution in [0.4, 0.5) is 0 Å². The third kappa shape index (κ3) is 27.7. The van der Waals surface area contributed by atoms with Crippen LogP contribution in [0.2, 0.25) is 0 Å². The van der Waals surface area contributed by atoms with Gasteiger partial charge in [-0.1, -0.05) is 162 Å². The van der Waals surface area contributed by atoms with Crippen molar-refractivity contribution in [1.29, 1.82) is 0 Å². The van der Waals surface area contributed by atoms with Gasteiger partial charge in [-0.3, -0.25) is 4.79 Å². The van der Waals surface area contributed by atoms with Gasteiger partial charge in [-0.15, -0.1) is 0 Å². The minimum atomic E-state index is -1.80. The van der Waals surface area contributed by atoms with E-state index < -0.39 is 86.8 Å². The Morgan fingerprint density at radius 1 is 0.529 bits per heavy atom. The molecule has 0 aliphatic carbocycles. The minimum absolute atomic E-state index is 0.212. The predicted octanol–water partition coefficient (Wildman–Crippen LogP) is 7.54. The number of unbranched alkanes of at least 4 members (excludes halogenated alkanes) is 12. The molecule has 14 nitrogen and oxygen atoms in total. The Balaban J connectivity index is 1.87. The lowest BCUT2D eigenvalue weighted by Crippen LogP contribution is -2.65. The molecule has 0 saturated carbocycles. The molecule has 1 amide bonds. The first-order chi connectivity index (χ1) is 34.1. The van der Waals surface area contributed by atoms with Crippen LogP contribution in [0.3, 0.4) is 0 Å². The average molecular weight is 988 g/mol. The summed E-state index contributed by atoms with van der Waals surface area (Å²) in [6.07, 6.45) is 38.7. The lowest BCUT2D eigenvalue weighted by Gasteiger charge is -2.46. The second-order valence-corrected chi connectivity index (χ2v) is 18.3. The molecule has 70 heavy (non-hydrogen) atoms. The van der Waals surface area contributed by atoms with Crippen molar-refractivity contribution >= 4 is 5.91 Å². The maximum absolute atomic E-state index is 13.2. The molecule has 2 aliphatic heterocycles. The van der Waals surface area contributed by atoms with Crippen molar-refractivity contribution in [3.05, 3.63) is 97.2 Å². The van der Waals surface area contributed by atoms with Crippen LogP contribution >= 0.6 is 0 Å². The number of aliphatic hydroxyl groups excluding tert-OH is 8. The molecule has 12 unspecified atom stereocenters. The molecule has 0 aromatic heterocycles. The van der Waals surface area contributed by atoms with Gasteiger partial charge in [0, 0.05) is 6.42 Å². The summed E-state index contributed by atoms with van der Waals surface area (Å²) in [5.74, 6) is -0.297. The number of amides is 1. The van der Waals surface area contributed by atoms with Crippen LogP contribution in [0.25, 0.3) is 0 Å². The monoisotopic (exact) mass is 988 g/mol. The van der Waals surface area contributed by atoms with E-state index in [0.717, 1.165) is 64.2 Å². The Morgan fingerprint density at radius 2 is 1.00 bits per heavy atom. The fraction of sp³-hybridized carbons (Fsp3) is 0.696. The topological polar surface area (TPSA) is 228 Å². The Hall–Kier alpha value is -3.09. The molecule has 0 radical (unpaired) electrons. The number of carbonyl (C=O) groups is 1. The first kappa shape index (κ1) is 63.0. The zero-order valence-electron chi connectivity index (χ0n) is 42.5. The fourth-order valence-corrected chi connectivity index (χ4v) is 7.95. The number of allylic oxidation sites excluding steroid dienone is 15. The van der Waals surface area contributed by atoms with E-state index in [4.69, 9.17) is 18.9 Å². The number of nitrogens with one attached hydrogen (secondary N) is 1. The highest BCUT2D eigenvalue weighted by molar-refractivity contribution is 5.76. The van der Waals surface area contributed by atoms with Crippen LogP contribution in [0.1, 0.15) is 155 Å². The van der Waals surface area contributed by atoms with Crippen LogP contribution < -0.4 is 5.32 Å². The first-order valence-corrected chi connectivity index (χ1v) is 26.5. The third-order valence-electron chi connectivity index (χ3n) is 12.3. The van der Waals surface area contributed by atoms with Crippen LogP contribution in [-0.2, 0) is 23.7 Å². The number of hydrogen-bond donors (Lipinski definition) is 9. The van der Waals surface area contributed by atoms with Crippen molar-refractivity contribution in [3.63, 3.8) is 0 Å². The number of carbonyl (C=O) groups excluding carboxylic acids is 1. The molecular weight excluding hydrogens is 895 g/mol. The average Bonchev–Trinajstić information content (AvgIpc) is 3.36. The molecule has 2 saturated heterocycles. The highest BCUT2D eigenvalue weighted by Crippen LogP contribution is 2.30. The van der Waals surface area contributed by atoms with Crippen molar-refractivity contribution in [3.8, 4) is 0 Å². The van der Waals surface area contributed by atoms with E-state index in [-0.39, 0.29) is 18.9 Å². The lowest BCUT2D eigenvalue weighted by molar-refractivity contribution is -0.359. The minimum Gasteiger partial charge on any atom is -0.394 e. The predicted molar refractivity (Wildman–Crippen MR) is 276 cm³/mol. The van der Waals surface area contributed by atoms with E-state index in [2.05, 4.69) is 104 Å². The maximum Gasteiger partial charge on any atom is 0.220 e. The van der Waals surface area contributed by atoms with E-state index in [9.17, 15) is 45.6 Å². The first-order valence-electron chi connectivity index (χ1n) is 26.5. The Labute approximate surface area is 420 Å². The van der Waals surface area contributed by atoms with E-state index in [1.54, 1.807) is 6.08 Å². The zero-order chi connectivity index (χ0) is 51.0. The summed E-state index contributed by atoms with van der Waals surface area (Å²) in [4.78, 5) is 13.2. The van der Waals surface area contributed by atoms with Gasteiger partial charge in [0.2, 0.25) is 5.91 Å². The SMILES string of the molecule is CC/C=C\C/C=C\C/C=C\C/C=C\C/C=C\C/C=C\CCCCC(=O)NC(COC1OC(CO)C(OC2OC(CO)C(O)C(O)C2O)C(O)C1O)C(O)/C=C/CC/C=C/CCCCCCCCCCC. The van der Waals surface area contributed by atoms with Gasteiger partial charge in [0.05, 0.1) is 32.0 Å². The molecule has 0 aromatic carbocycles. The smallest absolute Gasteiger partial charge is 0.220 e. The van der Waals surface area contributed by atoms with Crippen LogP contribution in [0.15, 0.2) is 97.2 Å². The normalized spacial score (nSPS) is 26.8. The van der Waals surface area contributed by atoms with Crippen molar-refractivity contribution in [1.82, 2.24) is 5.32 Å². The Morgan fingerprint density at radius 3 is 1.57 bits per heavy atom. The molecule has 0 aromatic rings. The van der Waals surface area contributed by atoms with Gasteiger partial charge in [0.1, 0.15) is 48.8 Å². The largest absolute Gasteiger partial charge is 0.394 e. The second kappa shape index (κ2) is 41.4. The summed E-state index contributed by atoms with van der Waals surface area (Å²) in [6.45, 7) is 2.60. The molecule has 2 aliphatic rings. The molecular formula is C56H93NO13. The fourth-order valence-electron chi connectivity index (χ4n) is 7.95. The summed E-state index contributed by atoms with van der Waals surface area (Å²) in [5.41, 5.74) is 0. The summed E-state index contributed by atoms with van der Waals surface area (Å²) < 4.78 is 22.7. The molecule has 0 spiro atoms. The van der Waals surface area contributed by atoms with Gasteiger partial charge in [-0.2, -0.15) is 0 Å². The highest BCUT2D eigenvalue weighted by Gasteiger charge is 2.51. The summed E-state index contributed by atoms with van der Waals surface area (Å²) in [7, 11) is 0. The number of hydrogen-bond acceptors (Lipinski definition) is 13. The maximum atomic E-state index is 13.2. The van der Waals surface area contributed by atoms with E-state index >= 15 is 0 Å². The molecule has 12 atom stereocenters.